The number of unbranched alkanes of at least 4 members (excludes halogenated alkanes) is 7. The zero-order valence-electron chi connectivity index (χ0n) is 21.0. The Hall–Kier alpha value is -1.91. The van der Waals surface area contributed by atoms with Crippen molar-refractivity contribution in [3.8, 4) is 0 Å². The number of hydrogen-bond acceptors (Lipinski definition) is 0. The molecular weight excluding hydrogens is 415 g/mol. The Kier molecular flexibility index (Phi) is 11.2. The van der Waals surface area contributed by atoms with Gasteiger partial charge in [0.25, 0.3) is 0 Å². The predicted molar refractivity (Wildman–Crippen MR) is 151 cm³/mol. The summed E-state index contributed by atoms with van der Waals surface area (Å²) < 4.78 is 0. The fourth-order valence-electron chi connectivity index (χ4n) is 5.07. The molecule has 3 rings (SSSR count). The standard InChI is InChI=1S/C32H44P/c1-3-4-5-6-7-8-9-13-20-29(2)27-28-33(30-21-14-10-15-22-30,31-23-16-11-17-24-31)32-25-18-12-19-26-32/h10-12,14-19,21-26,29H,3-9,13,20,27-28H2,1-2H3/q+1/t29-/m0/s1. The number of rotatable bonds is 15. The number of hydrogen-bond donors (Lipinski definition) is 0. The smallest absolute Gasteiger partial charge is 0.0654 e. The van der Waals surface area contributed by atoms with E-state index in [1.165, 1.54) is 86.3 Å². The molecule has 3 aromatic carbocycles. The fourth-order valence-corrected chi connectivity index (χ4v) is 9.61. The average Bonchev–Trinajstić information content (AvgIpc) is 2.88. The zero-order chi connectivity index (χ0) is 23.2. The van der Waals surface area contributed by atoms with Gasteiger partial charge in [0.1, 0.15) is 23.2 Å². The quantitative estimate of drug-likeness (QED) is 0.158. The molecule has 0 aromatic heterocycles. The lowest BCUT2D eigenvalue weighted by Gasteiger charge is -2.28. The van der Waals surface area contributed by atoms with Gasteiger partial charge >= 0.3 is 0 Å². The van der Waals surface area contributed by atoms with Crippen LogP contribution in [0.1, 0.15) is 78.1 Å². The van der Waals surface area contributed by atoms with E-state index in [0.717, 1.165) is 5.92 Å². The molecule has 3 aromatic rings. The Morgan fingerprint density at radius 2 is 0.909 bits per heavy atom. The third kappa shape index (κ3) is 7.55. The third-order valence-corrected chi connectivity index (χ3v) is 11.6. The molecule has 33 heavy (non-hydrogen) atoms. The van der Waals surface area contributed by atoms with E-state index >= 15 is 0 Å². The zero-order valence-corrected chi connectivity index (χ0v) is 21.9. The summed E-state index contributed by atoms with van der Waals surface area (Å²) in [6.07, 6.45) is 15.2. The van der Waals surface area contributed by atoms with Gasteiger partial charge in [-0.05, 0) is 48.7 Å². The van der Waals surface area contributed by atoms with Gasteiger partial charge in [0.15, 0.2) is 0 Å². The van der Waals surface area contributed by atoms with E-state index < -0.39 is 7.26 Å². The van der Waals surface area contributed by atoms with Gasteiger partial charge in [-0.1, -0.05) is 126 Å². The fraction of sp³-hybridized carbons (Fsp3) is 0.438. The molecule has 176 valence electrons. The summed E-state index contributed by atoms with van der Waals surface area (Å²) in [7, 11) is -1.67. The third-order valence-electron chi connectivity index (χ3n) is 7.10. The van der Waals surface area contributed by atoms with Gasteiger partial charge in [-0.3, -0.25) is 0 Å². The second kappa shape index (κ2) is 14.4. The van der Waals surface area contributed by atoms with Crippen LogP contribution in [-0.2, 0) is 0 Å². The van der Waals surface area contributed by atoms with Gasteiger partial charge in [0.05, 0.1) is 6.16 Å². The van der Waals surface area contributed by atoms with E-state index in [2.05, 4.69) is 105 Å². The Morgan fingerprint density at radius 1 is 0.515 bits per heavy atom. The van der Waals surface area contributed by atoms with E-state index in [0.29, 0.717) is 0 Å². The lowest BCUT2D eigenvalue weighted by atomic mass is 9.99. The molecule has 0 amide bonds. The van der Waals surface area contributed by atoms with E-state index in [1.54, 1.807) is 0 Å². The van der Waals surface area contributed by atoms with E-state index in [4.69, 9.17) is 0 Å². The van der Waals surface area contributed by atoms with E-state index in [-0.39, 0.29) is 0 Å². The maximum atomic E-state index is 2.48. The van der Waals surface area contributed by atoms with Crippen molar-refractivity contribution in [2.24, 2.45) is 5.92 Å². The highest BCUT2D eigenvalue weighted by molar-refractivity contribution is 7.95. The number of benzene rings is 3. The first-order valence-electron chi connectivity index (χ1n) is 13.3. The second-order valence-electron chi connectivity index (χ2n) is 9.70. The van der Waals surface area contributed by atoms with E-state index in [1.807, 2.05) is 0 Å². The van der Waals surface area contributed by atoms with Crippen molar-refractivity contribution in [3.63, 3.8) is 0 Å². The summed E-state index contributed by atoms with van der Waals surface area (Å²) in [6, 6.07) is 34.0. The summed E-state index contributed by atoms with van der Waals surface area (Å²) >= 11 is 0. The molecule has 0 nitrogen and oxygen atoms in total. The Labute approximate surface area is 204 Å². The van der Waals surface area contributed by atoms with Gasteiger partial charge in [-0.2, -0.15) is 0 Å². The van der Waals surface area contributed by atoms with Gasteiger partial charge in [0, 0.05) is 0 Å². The minimum atomic E-state index is -1.67. The molecule has 0 saturated carbocycles. The highest BCUT2D eigenvalue weighted by Crippen LogP contribution is 2.56. The highest BCUT2D eigenvalue weighted by Gasteiger charge is 2.44. The molecule has 0 bridgehead atoms. The summed E-state index contributed by atoms with van der Waals surface area (Å²) in [4.78, 5) is 0. The van der Waals surface area contributed by atoms with Crippen molar-refractivity contribution in [3.05, 3.63) is 91.0 Å². The maximum absolute atomic E-state index is 2.48. The SMILES string of the molecule is CCCCCCCCCC[C@H](C)CC[P+](c1ccccc1)(c1ccccc1)c1ccccc1. The van der Waals surface area contributed by atoms with Crippen molar-refractivity contribution in [1.29, 1.82) is 0 Å². The largest absolute Gasteiger partial charge is 0.112 e. The van der Waals surface area contributed by atoms with Crippen LogP contribution in [0.4, 0.5) is 0 Å². The summed E-state index contributed by atoms with van der Waals surface area (Å²) in [6.45, 7) is 4.78. The van der Waals surface area contributed by atoms with Gasteiger partial charge in [-0.15, -0.1) is 0 Å². The van der Waals surface area contributed by atoms with Crippen LogP contribution in [0.25, 0.3) is 0 Å². The molecule has 0 N–H and O–H groups in total. The van der Waals surface area contributed by atoms with Crippen LogP contribution >= 0.6 is 7.26 Å². The van der Waals surface area contributed by atoms with Gasteiger partial charge in [0.2, 0.25) is 0 Å². The van der Waals surface area contributed by atoms with Crippen LogP contribution < -0.4 is 15.9 Å². The Morgan fingerprint density at radius 3 is 1.33 bits per heavy atom. The Bertz CT molecular complexity index is 775. The molecule has 0 aliphatic heterocycles. The average molecular weight is 460 g/mol. The topological polar surface area (TPSA) is 0 Å². The normalized spacial score (nSPS) is 12.5. The summed E-state index contributed by atoms with van der Waals surface area (Å²) in [5, 5.41) is 4.55. The van der Waals surface area contributed by atoms with Gasteiger partial charge < -0.3 is 0 Å². The monoisotopic (exact) mass is 459 g/mol. The molecule has 0 saturated heterocycles. The highest BCUT2D eigenvalue weighted by atomic mass is 31.2. The molecular formula is C32H44P+. The molecule has 0 aliphatic carbocycles. The molecule has 1 heteroatoms. The molecule has 0 aliphatic rings. The molecule has 0 fully saturated rings. The van der Waals surface area contributed by atoms with Crippen LogP contribution in [0.3, 0.4) is 0 Å². The molecule has 0 spiro atoms. The maximum Gasteiger partial charge on any atom is 0.112 e. The van der Waals surface area contributed by atoms with Crippen molar-refractivity contribution >= 4 is 23.2 Å². The molecule has 0 radical (unpaired) electrons. The van der Waals surface area contributed by atoms with Crippen molar-refractivity contribution < 1.29 is 0 Å². The lowest BCUT2D eigenvalue weighted by molar-refractivity contribution is 0.471. The van der Waals surface area contributed by atoms with Gasteiger partial charge in [-0.25, -0.2) is 0 Å². The van der Waals surface area contributed by atoms with Crippen LogP contribution in [-0.4, -0.2) is 6.16 Å². The van der Waals surface area contributed by atoms with E-state index in [9.17, 15) is 0 Å². The van der Waals surface area contributed by atoms with Crippen molar-refractivity contribution in [2.45, 2.75) is 78.1 Å². The molecule has 0 unspecified atom stereocenters. The molecule has 0 heterocycles. The minimum Gasteiger partial charge on any atom is -0.0654 e. The van der Waals surface area contributed by atoms with Crippen LogP contribution in [0, 0.1) is 5.92 Å². The van der Waals surface area contributed by atoms with Crippen LogP contribution in [0.15, 0.2) is 91.0 Å². The minimum absolute atomic E-state index is 0.778. The Balaban J connectivity index is 1.69. The molecule has 1 atom stereocenters. The first-order chi connectivity index (χ1) is 16.3. The van der Waals surface area contributed by atoms with Crippen molar-refractivity contribution in [1.82, 2.24) is 0 Å². The lowest BCUT2D eigenvalue weighted by Crippen LogP contribution is -2.33. The van der Waals surface area contributed by atoms with Crippen molar-refractivity contribution in [2.75, 3.05) is 6.16 Å². The van der Waals surface area contributed by atoms with Crippen LogP contribution in [0.2, 0.25) is 0 Å². The first kappa shape index (κ1) is 25.7. The first-order valence-corrected chi connectivity index (χ1v) is 15.3. The second-order valence-corrected chi connectivity index (χ2v) is 13.3. The summed E-state index contributed by atoms with van der Waals surface area (Å²) in [5.41, 5.74) is 0. The summed E-state index contributed by atoms with van der Waals surface area (Å²) in [5.74, 6) is 0.778. The van der Waals surface area contributed by atoms with Crippen LogP contribution in [0.5, 0.6) is 0 Å². The predicted octanol–water partition coefficient (Wildman–Crippen LogP) is 8.54.